The highest BCUT2D eigenvalue weighted by molar-refractivity contribution is 7.22. The fraction of sp³-hybridized carbons (Fsp3) is 0. The zero-order chi connectivity index (χ0) is 27.5. The molecule has 0 aliphatic rings. The monoisotopic (exact) mass is 559 g/mol. The number of thiazole rings is 2. The Morgan fingerprint density at radius 3 is 1.76 bits per heavy atom. The van der Waals surface area contributed by atoms with Gasteiger partial charge in [-0.05, 0) is 66.7 Å². The van der Waals surface area contributed by atoms with Gasteiger partial charge < -0.3 is 4.57 Å². The molecule has 3 heterocycles. The van der Waals surface area contributed by atoms with Crippen molar-refractivity contribution >= 4 is 70.6 Å². The third-order valence-electron chi connectivity index (χ3n) is 7.33. The number of hydrogen-bond acceptors (Lipinski definition) is 5. The Hall–Kier alpha value is -5.34. The van der Waals surface area contributed by atoms with Crippen LogP contribution >= 0.6 is 22.7 Å². The van der Waals surface area contributed by atoms with Gasteiger partial charge in [0.1, 0.15) is 10.0 Å². The number of aromatic nitrogens is 3. The van der Waals surface area contributed by atoms with E-state index in [1.165, 1.54) is 0 Å². The van der Waals surface area contributed by atoms with Crippen LogP contribution in [-0.2, 0) is 0 Å². The minimum atomic E-state index is 0.438. The maximum absolute atomic E-state index is 10.0. The number of nitriles is 1. The van der Waals surface area contributed by atoms with Gasteiger partial charge in [0.25, 0.3) is 0 Å². The molecule has 0 aliphatic carbocycles. The fourth-order valence-electron chi connectivity index (χ4n) is 5.47. The maximum Gasteiger partial charge on any atom is 0.211 e. The molecule has 0 saturated carbocycles. The summed E-state index contributed by atoms with van der Waals surface area (Å²) in [6, 6.07) is 36.6. The highest BCUT2D eigenvalue weighted by atomic mass is 32.1. The molecule has 0 fully saturated rings. The van der Waals surface area contributed by atoms with Gasteiger partial charge in [-0.1, -0.05) is 36.4 Å². The molecule has 0 amide bonds. The smallest absolute Gasteiger partial charge is 0.211 e. The molecule has 0 saturated heterocycles. The van der Waals surface area contributed by atoms with Crippen LogP contribution in [0.4, 0.5) is 5.69 Å². The Balaban J connectivity index is 1.44. The van der Waals surface area contributed by atoms with E-state index in [2.05, 4.69) is 64.0 Å². The van der Waals surface area contributed by atoms with Gasteiger partial charge >= 0.3 is 0 Å². The lowest BCUT2D eigenvalue weighted by Gasteiger charge is -2.12. The van der Waals surface area contributed by atoms with Crippen molar-refractivity contribution < 1.29 is 0 Å². The number of para-hydroxylation sites is 3. The first kappa shape index (κ1) is 23.5. The van der Waals surface area contributed by atoms with Crippen molar-refractivity contribution in [1.82, 2.24) is 14.5 Å². The summed E-state index contributed by atoms with van der Waals surface area (Å²) >= 11 is 3.35. The van der Waals surface area contributed by atoms with Gasteiger partial charge in [0.15, 0.2) is 0 Å². The second kappa shape index (κ2) is 9.11. The summed E-state index contributed by atoms with van der Waals surface area (Å²) in [6.07, 6.45) is 0. The molecule has 8 aromatic rings. The SMILES string of the molecule is [C-]#[N+]c1cccc(C#N)c1-n1c2ccc(-c3nc4ccccc4s3)cc2c2cc(-c3nc4ccccc4s3)ccc21. The molecule has 190 valence electrons. The predicted octanol–water partition coefficient (Wildman–Crippen LogP) is 9.76. The van der Waals surface area contributed by atoms with Crippen LogP contribution < -0.4 is 0 Å². The maximum atomic E-state index is 10.0. The summed E-state index contributed by atoms with van der Waals surface area (Å²) < 4.78 is 4.35. The lowest BCUT2D eigenvalue weighted by Crippen LogP contribution is -1.98. The van der Waals surface area contributed by atoms with Crippen LogP contribution in [0.3, 0.4) is 0 Å². The van der Waals surface area contributed by atoms with Gasteiger partial charge in [-0.15, -0.1) is 22.7 Å². The van der Waals surface area contributed by atoms with E-state index >= 15 is 0 Å². The Kier molecular flexibility index (Phi) is 5.23. The Morgan fingerprint density at radius 1 is 0.683 bits per heavy atom. The molecule has 0 atom stereocenters. The van der Waals surface area contributed by atoms with Crippen LogP contribution in [0.2, 0.25) is 0 Å². The zero-order valence-electron chi connectivity index (χ0n) is 21.4. The molecule has 0 bridgehead atoms. The van der Waals surface area contributed by atoms with Gasteiger partial charge in [0.2, 0.25) is 5.69 Å². The first-order valence-electron chi connectivity index (χ1n) is 12.9. The normalized spacial score (nSPS) is 11.4. The van der Waals surface area contributed by atoms with Crippen molar-refractivity contribution in [2.45, 2.75) is 0 Å². The van der Waals surface area contributed by atoms with Crippen molar-refractivity contribution in [3.8, 4) is 32.9 Å². The van der Waals surface area contributed by atoms with Crippen LogP contribution in [0, 0.1) is 17.9 Å². The van der Waals surface area contributed by atoms with E-state index < -0.39 is 0 Å². The van der Waals surface area contributed by atoms with Crippen molar-refractivity contribution in [1.29, 1.82) is 5.26 Å². The van der Waals surface area contributed by atoms with E-state index in [0.717, 1.165) is 63.4 Å². The number of hydrogen-bond donors (Lipinski definition) is 0. The lowest BCUT2D eigenvalue weighted by atomic mass is 10.1. The molecule has 3 aromatic heterocycles. The molecule has 0 aliphatic heterocycles. The molecule has 0 spiro atoms. The van der Waals surface area contributed by atoms with Crippen molar-refractivity contribution in [2.24, 2.45) is 0 Å². The molecule has 41 heavy (non-hydrogen) atoms. The third kappa shape index (κ3) is 3.65. The number of benzene rings is 5. The highest BCUT2D eigenvalue weighted by Crippen LogP contribution is 2.41. The Morgan fingerprint density at radius 2 is 1.24 bits per heavy atom. The first-order valence-corrected chi connectivity index (χ1v) is 14.6. The summed E-state index contributed by atoms with van der Waals surface area (Å²) in [5.74, 6) is 0. The van der Waals surface area contributed by atoms with E-state index in [4.69, 9.17) is 16.5 Å². The highest BCUT2D eigenvalue weighted by Gasteiger charge is 2.20. The summed E-state index contributed by atoms with van der Waals surface area (Å²) in [6.45, 7) is 7.86. The fourth-order valence-corrected chi connectivity index (χ4v) is 7.39. The number of fused-ring (bicyclic) bond motifs is 5. The van der Waals surface area contributed by atoms with E-state index in [-0.39, 0.29) is 0 Å². The second-order valence-corrected chi connectivity index (χ2v) is 11.7. The van der Waals surface area contributed by atoms with Crippen LogP contribution in [0.1, 0.15) is 5.56 Å². The summed E-state index contributed by atoms with van der Waals surface area (Å²) in [4.78, 5) is 13.6. The Bertz CT molecular complexity index is 2180. The quantitative estimate of drug-likeness (QED) is 0.202. The topological polar surface area (TPSA) is 58.9 Å². The van der Waals surface area contributed by atoms with Gasteiger partial charge in [-0.3, -0.25) is 0 Å². The van der Waals surface area contributed by atoms with Crippen LogP contribution in [0.15, 0.2) is 103 Å². The largest absolute Gasteiger partial charge is 0.318 e. The predicted molar refractivity (Wildman–Crippen MR) is 169 cm³/mol. The number of nitrogens with zero attached hydrogens (tertiary/aromatic N) is 5. The molecule has 7 heteroatoms. The molecular formula is C34H17N5S2. The Labute approximate surface area is 242 Å². The van der Waals surface area contributed by atoms with Gasteiger partial charge in [0.05, 0.1) is 55.4 Å². The summed E-state index contributed by atoms with van der Waals surface area (Å²) in [5.41, 5.74) is 7.39. The summed E-state index contributed by atoms with van der Waals surface area (Å²) in [5, 5.41) is 14.0. The molecule has 5 nitrogen and oxygen atoms in total. The van der Waals surface area contributed by atoms with Crippen LogP contribution in [0.25, 0.3) is 73.9 Å². The average Bonchev–Trinajstić information content (AvgIpc) is 3.73. The van der Waals surface area contributed by atoms with Crippen molar-refractivity contribution in [3.63, 3.8) is 0 Å². The third-order valence-corrected chi connectivity index (χ3v) is 9.50. The van der Waals surface area contributed by atoms with Crippen molar-refractivity contribution in [2.75, 3.05) is 0 Å². The van der Waals surface area contributed by atoms with Gasteiger partial charge in [-0.2, -0.15) is 5.26 Å². The van der Waals surface area contributed by atoms with Gasteiger partial charge in [0, 0.05) is 21.9 Å². The van der Waals surface area contributed by atoms with Crippen molar-refractivity contribution in [3.05, 3.63) is 120 Å². The molecular weight excluding hydrogens is 543 g/mol. The molecule has 0 radical (unpaired) electrons. The van der Waals surface area contributed by atoms with E-state index in [1.54, 1.807) is 40.9 Å². The molecule has 0 unspecified atom stereocenters. The average molecular weight is 560 g/mol. The first-order chi connectivity index (χ1) is 20.2. The zero-order valence-corrected chi connectivity index (χ0v) is 23.0. The molecule has 0 N–H and O–H groups in total. The standard InChI is InChI=1S/C34H17N5S2/c1-36-27-10-6-7-22(19-35)32(27)39-28-15-13-20(33-37-25-8-2-4-11-30(25)40-33)17-23(28)24-18-21(14-16-29(24)39)34-38-26-9-3-5-12-31(26)41-34/h2-18H. The number of rotatable bonds is 3. The molecule has 5 aromatic carbocycles. The lowest BCUT2D eigenvalue weighted by molar-refractivity contribution is 1.17. The van der Waals surface area contributed by atoms with E-state index in [9.17, 15) is 5.26 Å². The van der Waals surface area contributed by atoms with Crippen LogP contribution in [0.5, 0.6) is 0 Å². The molecule has 8 rings (SSSR count). The minimum Gasteiger partial charge on any atom is -0.318 e. The van der Waals surface area contributed by atoms with Crippen LogP contribution in [-0.4, -0.2) is 14.5 Å². The minimum absolute atomic E-state index is 0.438. The van der Waals surface area contributed by atoms with E-state index in [1.807, 2.05) is 36.4 Å². The second-order valence-electron chi connectivity index (χ2n) is 9.67. The van der Waals surface area contributed by atoms with E-state index in [0.29, 0.717) is 16.9 Å². The van der Waals surface area contributed by atoms with Gasteiger partial charge in [-0.25, -0.2) is 14.8 Å². The summed E-state index contributed by atoms with van der Waals surface area (Å²) in [7, 11) is 0.